The van der Waals surface area contributed by atoms with Gasteiger partial charge in [0.25, 0.3) is 0 Å². The summed E-state index contributed by atoms with van der Waals surface area (Å²) >= 11 is 5.80. The molecule has 0 heterocycles. The molecule has 0 atom stereocenters. The minimum Gasteiger partial charge on any atom is -0.492 e. The Bertz CT molecular complexity index is 407. The fourth-order valence-electron chi connectivity index (χ4n) is 1.83. The molecule has 1 saturated carbocycles. The first kappa shape index (κ1) is 11.3. The van der Waals surface area contributed by atoms with Crippen molar-refractivity contribution in [3.8, 4) is 11.8 Å². The average Bonchev–Trinajstić information content (AvgIpc) is 2.23. The topological polar surface area (TPSA) is 33.0 Å². The summed E-state index contributed by atoms with van der Waals surface area (Å²) in [5, 5.41) is 9.49. The van der Waals surface area contributed by atoms with Crippen molar-refractivity contribution < 1.29 is 4.74 Å². The van der Waals surface area contributed by atoms with Crippen LogP contribution in [0.4, 0.5) is 0 Å². The maximum atomic E-state index is 8.92. The lowest BCUT2D eigenvalue weighted by atomic mass is 9.83. The molecule has 0 bridgehead atoms. The van der Waals surface area contributed by atoms with Crippen LogP contribution in [0.25, 0.3) is 0 Å². The van der Waals surface area contributed by atoms with Gasteiger partial charge in [-0.05, 0) is 30.5 Å². The zero-order chi connectivity index (χ0) is 11.4. The zero-order valence-corrected chi connectivity index (χ0v) is 9.83. The normalized spacial score (nSPS) is 15.2. The molecular formula is C13H14ClNO. The van der Waals surface area contributed by atoms with Gasteiger partial charge in [-0.25, -0.2) is 0 Å². The average molecular weight is 236 g/mol. The van der Waals surface area contributed by atoms with Crippen molar-refractivity contribution in [1.29, 1.82) is 5.26 Å². The molecule has 3 heteroatoms. The monoisotopic (exact) mass is 235 g/mol. The lowest BCUT2D eigenvalue weighted by Gasteiger charge is -2.25. The highest BCUT2D eigenvalue weighted by Crippen LogP contribution is 2.30. The van der Waals surface area contributed by atoms with Crippen LogP contribution < -0.4 is 4.74 Å². The first-order chi connectivity index (χ1) is 7.79. The molecule has 0 radical (unpaired) electrons. The van der Waals surface area contributed by atoms with Gasteiger partial charge in [0.15, 0.2) is 0 Å². The van der Waals surface area contributed by atoms with Crippen molar-refractivity contribution in [3.05, 3.63) is 28.8 Å². The second-order valence-electron chi connectivity index (χ2n) is 4.19. The summed E-state index contributed by atoms with van der Waals surface area (Å²) in [5.74, 6) is 1.48. The third-order valence-electron chi connectivity index (χ3n) is 3.07. The lowest BCUT2D eigenvalue weighted by molar-refractivity contribution is 0.221. The molecule has 2 rings (SSSR count). The quantitative estimate of drug-likeness (QED) is 0.796. The summed E-state index contributed by atoms with van der Waals surface area (Å²) in [4.78, 5) is 0. The van der Waals surface area contributed by atoms with E-state index in [1.54, 1.807) is 18.2 Å². The van der Waals surface area contributed by atoms with Crippen LogP contribution in [0.15, 0.2) is 18.2 Å². The molecule has 0 amide bonds. The highest BCUT2D eigenvalue weighted by molar-refractivity contribution is 6.30. The number of nitrogens with zero attached hydrogens (tertiary/aromatic N) is 1. The van der Waals surface area contributed by atoms with E-state index in [0.717, 1.165) is 12.3 Å². The molecule has 84 valence electrons. The molecule has 1 aromatic rings. The van der Waals surface area contributed by atoms with Gasteiger partial charge < -0.3 is 4.74 Å². The standard InChI is InChI=1S/C13H14ClNO/c14-12-4-5-13(11(8-12)9-15)16-7-6-10-2-1-3-10/h4-5,8,10H,1-3,6-7H2. The van der Waals surface area contributed by atoms with Crippen LogP contribution >= 0.6 is 11.6 Å². The van der Waals surface area contributed by atoms with Crippen LogP contribution in [0.3, 0.4) is 0 Å². The van der Waals surface area contributed by atoms with E-state index in [2.05, 4.69) is 6.07 Å². The smallest absolute Gasteiger partial charge is 0.137 e. The third kappa shape index (κ3) is 2.68. The van der Waals surface area contributed by atoms with Crippen molar-refractivity contribution >= 4 is 11.6 Å². The van der Waals surface area contributed by atoms with Crippen LogP contribution in [-0.4, -0.2) is 6.61 Å². The molecule has 1 aromatic carbocycles. The van der Waals surface area contributed by atoms with Crippen molar-refractivity contribution in [2.45, 2.75) is 25.7 Å². The Kier molecular flexibility index (Phi) is 3.69. The van der Waals surface area contributed by atoms with Crippen molar-refractivity contribution in [1.82, 2.24) is 0 Å². The van der Waals surface area contributed by atoms with E-state index in [1.807, 2.05) is 0 Å². The number of halogens is 1. The molecule has 16 heavy (non-hydrogen) atoms. The summed E-state index contributed by atoms with van der Waals surface area (Å²) in [6.07, 6.45) is 5.10. The van der Waals surface area contributed by atoms with Gasteiger partial charge in [-0.15, -0.1) is 0 Å². The Labute approximate surface area is 101 Å². The fourth-order valence-corrected chi connectivity index (χ4v) is 2.00. The highest BCUT2D eigenvalue weighted by atomic mass is 35.5. The first-order valence-corrected chi connectivity index (χ1v) is 6.00. The fraction of sp³-hybridized carbons (Fsp3) is 0.462. The summed E-state index contributed by atoms with van der Waals surface area (Å²) in [6, 6.07) is 7.25. The Morgan fingerprint density at radius 1 is 1.44 bits per heavy atom. The van der Waals surface area contributed by atoms with Gasteiger partial charge in [0.2, 0.25) is 0 Å². The number of ether oxygens (including phenoxy) is 1. The van der Waals surface area contributed by atoms with Gasteiger partial charge in [0.05, 0.1) is 12.2 Å². The number of nitriles is 1. The number of rotatable bonds is 4. The highest BCUT2D eigenvalue weighted by Gasteiger charge is 2.17. The van der Waals surface area contributed by atoms with Crippen LogP contribution in [0, 0.1) is 17.2 Å². The predicted octanol–water partition coefficient (Wildman–Crippen LogP) is 3.78. The van der Waals surface area contributed by atoms with Crippen LogP contribution in [0.2, 0.25) is 5.02 Å². The van der Waals surface area contributed by atoms with Gasteiger partial charge in [-0.2, -0.15) is 5.26 Å². The summed E-state index contributed by atoms with van der Waals surface area (Å²) in [6.45, 7) is 0.695. The molecule has 0 aliphatic heterocycles. The largest absolute Gasteiger partial charge is 0.492 e. The lowest BCUT2D eigenvalue weighted by Crippen LogP contribution is -2.14. The van der Waals surface area contributed by atoms with E-state index in [9.17, 15) is 0 Å². The Morgan fingerprint density at radius 3 is 2.88 bits per heavy atom. The van der Waals surface area contributed by atoms with Crippen LogP contribution in [-0.2, 0) is 0 Å². The van der Waals surface area contributed by atoms with Crippen LogP contribution in [0.5, 0.6) is 5.75 Å². The predicted molar refractivity (Wildman–Crippen MR) is 63.6 cm³/mol. The molecule has 0 spiro atoms. The second kappa shape index (κ2) is 5.23. The van der Waals surface area contributed by atoms with Crippen LogP contribution in [0.1, 0.15) is 31.2 Å². The van der Waals surface area contributed by atoms with E-state index in [4.69, 9.17) is 21.6 Å². The summed E-state index contributed by atoms with van der Waals surface area (Å²) in [5.41, 5.74) is 0.515. The van der Waals surface area contributed by atoms with Gasteiger partial charge in [0.1, 0.15) is 11.8 Å². The number of hydrogen-bond acceptors (Lipinski definition) is 2. The third-order valence-corrected chi connectivity index (χ3v) is 3.31. The van der Waals surface area contributed by atoms with Gasteiger partial charge >= 0.3 is 0 Å². The minimum atomic E-state index is 0.515. The second-order valence-corrected chi connectivity index (χ2v) is 4.62. The molecule has 1 aliphatic carbocycles. The van der Waals surface area contributed by atoms with Crippen molar-refractivity contribution in [3.63, 3.8) is 0 Å². The van der Waals surface area contributed by atoms with Crippen molar-refractivity contribution in [2.24, 2.45) is 5.92 Å². The molecule has 0 aromatic heterocycles. The zero-order valence-electron chi connectivity index (χ0n) is 9.08. The Morgan fingerprint density at radius 2 is 2.25 bits per heavy atom. The molecule has 0 N–H and O–H groups in total. The number of hydrogen-bond donors (Lipinski definition) is 0. The van der Waals surface area contributed by atoms with E-state index in [-0.39, 0.29) is 0 Å². The molecule has 1 aliphatic rings. The maximum absolute atomic E-state index is 8.92. The minimum absolute atomic E-state index is 0.515. The van der Waals surface area contributed by atoms with Gasteiger partial charge in [0, 0.05) is 5.02 Å². The Hall–Kier alpha value is -1.20. The molecule has 2 nitrogen and oxygen atoms in total. The number of benzene rings is 1. The van der Waals surface area contributed by atoms with Gasteiger partial charge in [-0.3, -0.25) is 0 Å². The molecular weight excluding hydrogens is 222 g/mol. The molecule has 0 saturated heterocycles. The maximum Gasteiger partial charge on any atom is 0.137 e. The van der Waals surface area contributed by atoms with E-state index in [0.29, 0.717) is 22.9 Å². The van der Waals surface area contributed by atoms with E-state index in [1.165, 1.54) is 19.3 Å². The SMILES string of the molecule is N#Cc1cc(Cl)ccc1OCCC1CCC1. The summed E-state index contributed by atoms with van der Waals surface area (Å²) < 4.78 is 5.61. The van der Waals surface area contributed by atoms with Crippen molar-refractivity contribution in [2.75, 3.05) is 6.61 Å². The van der Waals surface area contributed by atoms with Gasteiger partial charge in [-0.1, -0.05) is 30.9 Å². The first-order valence-electron chi connectivity index (χ1n) is 5.62. The molecule has 1 fully saturated rings. The summed E-state index contributed by atoms with van der Waals surface area (Å²) in [7, 11) is 0. The Balaban J connectivity index is 1.90. The van der Waals surface area contributed by atoms with E-state index < -0.39 is 0 Å². The van der Waals surface area contributed by atoms with E-state index >= 15 is 0 Å². The molecule has 0 unspecified atom stereocenters.